The first-order chi connectivity index (χ1) is 3.39. The van der Waals surface area contributed by atoms with Crippen molar-refractivity contribution in [3.8, 4) is 0 Å². The van der Waals surface area contributed by atoms with Gasteiger partial charge in [0.15, 0.2) is 0 Å². The fraction of sp³-hybridized carbons (Fsp3) is 0.143. The van der Waals surface area contributed by atoms with Crippen molar-refractivity contribution in [1.82, 2.24) is 0 Å². The Morgan fingerprint density at radius 3 is 2.00 bits per heavy atom. The van der Waals surface area contributed by atoms with Crippen molar-refractivity contribution in [1.29, 1.82) is 0 Å². The van der Waals surface area contributed by atoms with Crippen molar-refractivity contribution in [2.24, 2.45) is 0 Å². The Labute approximate surface area is 69.0 Å². The summed E-state index contributed by atoms with van der Waals surface area (Å²) < 4.78 is 0. The first-order valence-corrected chi connectivity index (χ1v) is 2.32. The van der Waals surface area contributed by atoms with Crippen LogP contribution in [0.15, 0.2) is 24.3 Å². The summed E-state index contributed by atoms with van der Waals surface area (Å²) in [6, 6.07) is 10.8. The first kappa shape index (κ1) is 8.10. The molecule has 0 spiro atoms. The fourth-order valence-electron chi connectivity index (χ4n) is 0.470. The van der Waals surface area contributed by atoms with E-state index in [4.69, 9.17) is 0 Å². The van der Waals surface area contributed by atoms with Crippen molar-refractivity contribution < 1.29 is 0 Å². The van der Waals surface area contributed by atoms with Crippen molar-refractivity contribution in [3.63, 3.8) is 0 Å². The molecule has 0 unspecified atom stereocenters. The molecule has 0 atom stereocenters. The normalized spacial score (nSPS) is 7.62. The average molecular weight is 303 g/mol. The first-order valence-electron chi connectivity index (χ1n) is 2.32. The topological polar surface area (TPSA) is 0 Å². The molecule has 0 saturated carbocycles. The van der Waals surface area contributed by atoms with Gasteiger partial charge in [0.25, 0.3) is 0 Å². The van der Waals surface area contributed by atoms with Crippen LogP contribution >= 0.6 is 0 Å². The zero-order chi connectivity index (χ0) is 5.11. The molecule has 8 heavy (non-hydrogen) atoms. The number of rotatable bonds is 0. The quantitative estimate of drug-likeness (QED) is 0.616. The third kappa shape index (κ3) is 2.42. The van der Waals surface area contributed by atoms with Crippen LogP contribution in [0.2, 0.25) is 0 Å². The van der Waals surface area contributed by atoms with Crippen LogP contribution in [0.25, 0.3) is 0 Å². The Bertz CT molecular complexity index is 134. The monoisotopic (exact) mass is 303 g/mol. The molecule has 0 aliphatic carbocycles. The summed E-state index contributed by atoms with van der Waals surface area (Å²) in [6.45, 7) is 2.06. The zero-order valence-electron chi connectivity index (χ0n) is 5.02. The predicted octanol–water partition coefficient (Wildman–Crippen LogP) is 0.611. The van der Waals surface area contributed by atoms with Gasteiger partial charge in [-0.15, -0.1) is 0 Å². The number of benzene rings is 1. The number of hydrogen-bond acceptors (Lipinski definition) is 0. The minimum atomic E-state index is 0. The summed E-state index contributed by atoms with van der Waals surface area (Å²) in [7, 11) is 0. The summed E-state index contributed by atoms with van der Waals surface area (Å²) in [6.07, 6.45) is 0. The minimum absolute atomic E-state index is 0. The third-order valence-electron chi connectivity index (χ3n) is 0.885. The van der Waals surface area contributed by atoms with Crippen LogP contribution in [0.1, 0.15) is 5.56 Å². The zero-order valence-corrected chi connectivity index (χ0v) is 10.5. The maximum atomic E-state index is 2.93. The molecule has 0 heterocycles. The van der Waals surface area contributed by atoms with E-state index < -0.39 is 0 Å². The molecule has 0 aliphatic rings. The van der Waals surface area contributed by atoms with E-state index in [0.29, 0.717) is 0 Å². The van der Waals surface area contributed by atoms with Gasteiger partial charge in [-0.3, -0.25) is 0 Å². The Balaban J connectivity index is 0.000000490. The molecule has 0 aliphatic heterocycles. The molecular weight excluding hydrogens is 293 g/mol. The molecule has 1 radical (unpaired) electrons. The summed E-state index contributed by atoms with van der Waals surface area (Å²) in [4.78, 5) is 0. The van der Waals surface area contributed by atoms with Gasteiger partial charge in [0.2, 0.25) is 0 Å². The molecule has 0 amide bonds. The molecule has 0 aromatic heterocycles. The Hall–Kier alpha value is 0.103. The molecular formula is C7H10Bi. The Kier molecular flexibility index (Phi) is 4.08. The van der Waals surface area contributed by atoms with E-state index in [0.717, 1.165) is 0 Å². The second-order valence-corrected chi connectivity index (χ2v) is 1.58. The van der Waals surface area contributed by atoms with Crippen molar-refractivity contribution in [3.05, 3.63) is 35.9 Å². The van der Waals surface area contributed by atoms with E-state index in [1.165, 1.54) is 5.56 Å². The van der Waals surface area contributed by atoms with Crippen LogP contribution in [0.3, 0.4) is 0 Å². The van der Waals surface area contributed by atoms with Gasteiger partial charge in [0, 0.05) is 0 Å². The van der Waals surface area contributed by atoms with Gasteiger partial charge in [0.05, 0.1) is 0 Å². The Morgan fingerprint density at radius 2 is 1.75 bits per heavy atom. The molecule has 0 bridgehead atoms. The van der Waals surface area contributed by atoms with Crippen LogP contribution in [0, 0.1) is 13.0 Å². The van der Waals surface area contributed by atoms with Crippen molar-refractivity contribution in [2.75, 3.05) is 0 Å². The van der Waals surface area contributed by atoms with E-state index in [2.05, 4.69) is 13.0 Å². The third-order valence-corrected chi connectivity index (χ3v) is 0.885. The molecule has 0 fully saturated rings. The van der Waals surface area contributed by atoms with E-state index in [-0.39, 0.29) is 26.2 Å². The second-order valence-electron chi connectivity index (χ2n) is 1.58. The summed E-state index contributed by atoms with van der Waals surface area (Å²) >= 11 is 0. The van der Waals surface area contributed by atoms with Gasteiger partial charge < -0.3 is 0 Å². The number of hydrogen-bond donors (Lipinski definition) is 0. The molecule has 0 nitrogen and oxygen atoms in total. The number of aryl methyl sites for hydroxylation is 1. The molecule has 0 saturated heterocycles. The second kappa shape index (κ2) is 4.03. The van der Waals surface area contributed by atoms with Crippen LogP contribution in [-0.2, 0) is 0 Å². The van der Waals surface area contributed by atoms with Gasteiger partial charge in [0.1, 0.15) is 0 Å². The molecule has 43 valence electrons. The standard InChI is InChI=1S/C7H7.Bi.3H/c1-7-5-3-2-4-6-7;;;;/h3-6H,1H3;;;;. The van der Waals surface area contributed by atoms with E-state index in [9.17, 15) is 0 Å². The summed E-state index contributed by atoms with van der Waals surface area (Å²) in [5.74, 6) is 0. The molecule has 1 aromatic carbocycles. The van der Waals surface area contributed by atoms with Gasteiger partial charge in [-0.1, -0.05) is 29.8 Å². The van der Waals surface area contributed by atoms with E-state index >= 15 is 0 Å². The van der Waals surface area contributed by atoms with Gasteiger partial charge in [-0.25, -0.2) is 0 Å². The van der Waals surface area contributed by atoms with Crippen molar-refractivity contribution >= 4 is 26.2 Å². The summed E-state index contributed by atoms with van der Waals surface area (Å²) in [5.41, 5.74) is 1.29. The molecule has 1 rings (SSSR count). The fourth-order valence-corrected chi connectivity index (χ4v) is 0.470. The SMILES string of the molecule is Cc1cc[c]cc1.[BiH3]. The Morgan fingerprint density at radius 1 is 1.25 bits per heavy atom. The molecule has 1 heteroatoms. The van der Waals surface area contributed by atoms with E-state index in [1.807, 2.05) is 24.3 Å². The van der Waals surface area contributed by atoms with E-state index in [1.54, 1.807) is 0 Å². The van der Waals surface area contributed by atoms with Crippen LogP contribution in [0.4, 0.5) is 0 Å². The van der Waals surface area contributed by atoms with Gasteiger partial charge in [-0.05, 0) is 13.0 Å². The van der Waals surface area contributed by atoms with Crippen LogP contribution < -0.4 is 0 Å². The van der Waals surface area contributed by atoms with Gasteiger partial charge in [-0.2, -0.15) is 0 Å². The molecule has 0 N–H and O–H groups in total. The van der Waals surface area contributed by atoms with Gasteiger partial charge >= 0.3 is 26.2 Å². The van der Waals surface area contributed by atoms with Crippen LogP contribution in [0.5, 0.6) is 0 Å². The summed E-state index contributed by atoms with van der Waals surface area (Å²) in [5, 5.41) is 0. The average Bonchev–Trinajstić information content (AvgIpc) is 1.69. The molecule has 1 aromatic rings. The predicted molar refractivity (Wildman–Crippen MR) is 40.0 cm³/mol. The maximum absolute atomic E-state index is 2.93. The van der Waals surface area contributed by atoms with Crippen LogP contribution in [-0.4, -0.2) is 26.2 Å². The van der Waals surface area contributed by atoms with Crippen molar-refractivity contribution in [2.45, 2.75) is 6.92 Å².